The Labute approximate surface area is 89.2 Å². The monoisotopic (exact) mass is 208 g/mol. The molecule has 2 heterocycles. The smallest absolute Gasteiger partial charge is 0.223 e. The molecule has 1 aliphatic rings. The summed E-state index contributed by atoms with van der Waals surface area (Å²) >= 11 is 0. The van der Waals surface area contributed by atoms with Gasteiger partial charge in [-0.25, -0.2) is 0 Å². The Bertz CT molecular complexity index is 317. The van der Waals surface area contributed by atoms with Crippen molar-refractivity contribution in [1.29, 1.82) is 0 Å². The lowest BCUT2D eigenvalue weighted by molar-refractivity contribution is -0.132. The van der Waals surface area contributed by atoms with Gasteiger partial charge < -0.3 is 14.6 Å². The van der Waals surface area contributed by atoms with Crippen molar-refractivity contribution in [2.24, 2.45) is 0 Å². The first-order chi connectivity index (χ1) is 7.27. The number of carbonyl (C=O) groups is 1. The average Bonchev–Trinajstić information content (AvgIpc) is 2.63. The van der Waals surface area contributed by atoms with Crippen LogP contribution in [0.2, 0.25) is 0 Å². The molecule has 4 heteroatoms. The van der Waals surface area contributed by atoms with E-state index in [1.165, 1.54) is 0 Å². The van der Waals surface area contributed by atoms with Gasteiger partial charge in [0.05, 0.1) is 12.3 Å². The second-order valence-electron chi connectivity index (χ2n) is 3.90. The third-order valence-electron chi connectivity index (χ3n) is 2.87. The Hall–Kier alpha value is -1.29. The fourth-order valence-corrected chi connectivity index (χ4v) is 1.61. The number of aryl methyl sites for hydroxylation is 1. The minimum Gasteiger partial charge on any atom is -0.469 e. The summed E-state index contributed by atoms with van der Waals surface area (Å²) in [5.74, 6) is 1.07. The number of furan rings is 1. The van der Waals surface area contributed by atoms with E-state index < -0.39 is 0 Å². The Morgan fingerprint density at radius 1 is 1.67 bits per heavy atom. The molecule has 1 aliphatic heterocycles. The number of carbonyl (C=O) groups excluding carboxylic acids is 1. The molecule has 82 valence electrons. The lowest BCUT2D eigenvalue weighted by Gasteiger charge is -2.35. The van der Waals surface area contributed by atoms with Crippen LogP contribution in [0, 0.1) is 0 Å². The molecule has 0 unspecified atom stereocenters. The van der Waals surface area contributed by atoms with Crippen LogP contribution >= 0.6 is 0 Å². The van der Waals surface area contributed by atoms with Crippen LogP contribution in [-0.2, 0) is 11.2 Å². The van der Waals surface area contributed by atoms with E-state index in [1.54, 1.807) is 6.26 Å². The Kier molecular flexibility index (Phi) is 3.06. The predicted octanol–water partition coefficient (Wildman–Crippen LogP) is 0.642. The Balaban J connectivity index is 1.76. The van der Waals surface area contributed by atoms with Crippen LogP contribution in [0.25, 0.3) is 0 Å². The van der Waals surface area contributed by atoms with Crippen molar-refractivity contribution in [3.63, 3.8) is 0 Å². The number of hydrogen-bond acceptors (Lipinski definition) is 3. The average molecular weight is 208 g/mol. The normalized spacial score (nSPS) is 16.1. The molecule has 1 N–H and O–H groups in total. The van der Waals surface area contributed by atoms with E-state index in [0.717, 1.165) is 18.8 Å². The third kappa shape index (κ3) is 2.39. The van der Waals surface area contributed by atoms with E-state index in [0.29, 0.717) is 18.9 Å². The fraction of sp³-hybridized carbons (Fsp3) is 0.545. The van der Waals surface area contributed by atoms with Crippen LogP contribution < -0.4 is 5.32 Å². The van der Waals surface area contributed by atoms with E-state index in [2.05, 4.69) is 5.32 Å². The molecule has 0 radical (unpaired) electrons. The number of nitrogens with zero attached hydrogens (tertiary/aromatic N) is 1. The van der Waals surface area contributed by atoms with Crippen molar-refractivity contribution >= 4 is 5.91 Å². The van der Waals surface area contributed by atoms with Crippen molar-refractivity contribution < 1.29 is 9.21 Å². The summed E-state index contributed by atoms with van der Waals surface area (Å²) in [6.07, 6.45) is 2.86. The lowest BCUT2D eigenvalue weighted by Crippen LogP contribution is -2.57. The number of rotatable bonds is 4. The van der Waals surface area contributed by atoms with Crippen molar-refractivity contribution in [1.82, 2.24) is 10.2 Å². The lowest BCUT2D eigenvalue weighted by atomic mass is 10.1. The van der Waals surface area contributed by atoms with Crippen LogP contribution in [0.3, 0.4) is 0 Å². The van der Waals surface area contributed by atoms with E-state index in [4.69, 9.17) is 4.42 Å². The second-order valence-corrected chi connectivity index (χ2v) is 3.90. The molecule has 15 heavy (non-hydrogen) atoms. The van der Waals surface area contributed by atoms with Gasteiger partial charge >= 0.3 is 0 Å². The fourth-order valence-electron chi connectivity index (χ4n) is 1.61. The van der Waals surface area contributed by atoms with E-state index >= 15 is 0 Å². The van der Waals surface area contributed by atoms with Gasteiger partial charge in [0.15, 0.2) is 0 Å². The van der Waals surface area contributed by atoms with E-state index in [-0.39, 0.29) is 5.91 Å². The van der Waals surface area contributed by atoms with E-state index in [1.807, 2.05) is 24.1 Å². The molecule has 0 atom stereocenters. The van der Waals surface area contributed by atoms with Crippen molar-refractivity contribution in [3.05, 3.63) is 24.2 Å². The summed E-state index contributed by atoms with van der Waals surface area (Å²) in [5.41, 5.74) is 0. The molecule has 1 fully saturated rings. The maximum absolute atomic E-state index is 11.7. The predicted molar refractivity (Wildman–Crippen MR) is 56.5 cm³/mol. The zero-order valence-corrected chi connectivity index (χ0v) is 8.90. The molecule has 1 saturated heterocycles. The summed E-state index contributed by atoms with van der Waals surface area (Å²) < 4.78 is 5.18. The quantitative estimate of drug-likeness (QED) is 0.790. The molecule has 2 rings (SSSR count). The second kappa shape index (κ2) is 4.49. The van der Waals surface area contributed by atoms with Crippen LogP contribution in [-0.4, -0.2) is 37.0 Å². The molecular formula is C11H16N2O2. The van der Waals surface area contributed by atoms with Crippen LogP contribution in [0.15, 0.2) is 22.8 Å². The molecule has 1 aromatic heterocycles. The largest absolute Gasteiger partial charge is 0.469 e. The summed E-state index contributed by atoms with van der Waals surface area (Å²) in [6.45, 7) is 1.84. The first-order valence-corrected chi connectivity index (χ1v) is 5.26. The highest BCUT2D eigenvalue weighted by Gasteiger charge is 2.24. The van der Waals surface area contributed by atoms with Gasteiger partial charge in [-0.05, 0) is 12.1 Å². The van der Waals surface area contributed by atoms with E-state index in [9.17, 15) is 4.79 Å². The number of likely N-dealkylation sites (N-methyl/N-ethyl adjacent to an activating group) is 1. The van der Waals surface area contributed by atoms with Gasteiger partial charge in [-0.1, -0.05) is 0 Å². The van der Waals surface area contributed by atoms with Crippen molar-refractivity contribution in [3.8, 4) is 0 Å². The zero-order chi connectivity index (χ0) is 10.7. The summed E-state index contributed by atoms with van der Waals surface area (Å²) in [4.78, 5) is 13.6. The Morgan fingerprint density at radius 3 is 3.00 bits per heavy atom. The number of nitrogens with one attached hydrogen (secondary N) is 1. The maximum Gasteiger partial charge on any atom is 0.223 e. The van der Waals surface area contributed by atoms with Gasteiger partial charge in [0.2, 0.25) is 5.91 Å². The zero-order valence-electron chi connectivity index (χ0n) is 8.90. The molecule has 0 bridgehead atoms. The minimum absolute atomic E-state index is 0.193. The Morgan fingerprint density at radius 2 is 2.47 bits per heavy atom. The maximum atomic E-state index is 11.7. The molecule has 0 spiro atoms. The molecule has 0 saturated carbocycles. The highest BCUT2D eigenvalue weighted by atomic mass is 16.3. The van der Waals surface area contributed by atoms with Gasteiger partial charge in [0.25, 0.3) is 0 Å². The number of amides is 1. The van der Waals surface area contributed by atoms with Gasteiger partial charge in [-0.2, -0.15) is 0 Å². The van der Waals surface area contributed by atoms with Crippen molar-refractivity contribution in [2.45, 2.75) is 18.9 Å². The third-order valence-corrected chi connectivity index (χ3v) is 2.87. The highest BCUT2D eigenvalue weighted by Crippen LogP contribution is 2.08. The molecular weight excluding hydrogens is 192 g/mol. The number of hydrogen-bond donors (Lipinski definition) is 1. The van der Waals surface area contributed by atoms with Crippen LogP contribution in [0.5, 0.6) is 0 Å². The molecule has 1 aromatic rings. The molecule has 0 aliphatic carbocycles. The molecule has 0 aromatic carbocycles. The minimum atomic E-state index is 0.193. The summed E-state index contributed by atoms with van der Waals surface area (Å²) in [5, 5.41) is 3.15. The summed E-state index contributed by atoms with van der Waals surface area (Å²) in [6, 6.07) is 4.13. The van der Waals surface area contributed by atoms with Crippen LogP contribution in [0.1, 0.15) is 12.2 Å². The summed E-state index contributed by atoms with van der Waals surface area (Å²) in [7, 11) is 1.87. The van der Waals surface area contributed by atoms with Gasteiger partial charge in [0.1, 0.15) is 5.76 Å². The first-order valence-electron chi connectivity index (χ1n) is 5.26. The van der Waals surface area contributed by atoms with Gasteiger partial charge in [-0.15, -0.1) is 0 Å². The topological polar surface area (TPSA) is 45.5 Å². The standard InChI is InChI=1S/C11H16N2O2/c1-13(9-7-12-8-9)11(14)5-4-10-3-2-6-15-10/h2-3,6,9,12H,4-5,7-8H2,1H3. The van der Waals surface area contributed by atoms with Gasteiger partial charge in [0, 0.05) is 33.0 Å². The van der Waals surface area contributed by atoms with Crippen LogP contribution in [0.4, 0.5) is 0 Å². The SMILES string of the molecule is CN(C(=O)CCc1ccco1)C1CNC1. The molecule has 1 amide bonds. The first kappa shape index (κ1) is 10.2. The highest BCUT2D eigenvalue weighted by molar-refractivity contribution is 5.76. The van der Waals surface area contributed by atoms with Crippen molar-refractivity contribution in [2.75, 3.05) is 20.1 Å². The van der Waals surface area contributed by atoms with Gasteiger partial charge in [-0.3, -0.25) is 4.79 Å². The molecule has 4 nitrogen and oxygen atoms in total.